The summed E-state index contributed by atoms with van der Waals surface area (Å²) in [4.78, 5) is 0. The molecule has 0 fully saturated rings. The molecule has 1 atom stereocenters. The highest BCUT2D eigenvalue weighted by Gasteiger charge is 2.22. The third-order valence-corrected chi connectivity index (χ3v) is 3.12. The Hall–Kier alpha value is -0.930. The van der Waals surface area contributed by atoms with Crippen molar-refractivity contribution in [2.24, 2.45) is 0 Å². The first-order valence-electron chi connectivity index (χ1n) is 5.94. The van der Waals surface area contributed by atoms with Crippen LogP contribution in [0.2, 0.25) is 0 Å². The summed E-state index contributed by atoms with van der Waals surface area (Å²) in [6, 6.07) is 7.13. The van der Waals surface area contributed by atoms with Crippen molar-refractivity contribution in [2.45, 2.75) is 38.3 Å². The zero-order valence-corrected chi connectivity index (χ0v) is 11.1. The molecular weight excluding hydrogens is 217 g/mol. The molecular formula is C14H22FNO. The van der Waals surface area contributed by atoms with Crippen molar-refractivity contribution in [3.8, 4) is 0 Å². The van der Waals surface area contributed by atoms with E-state index in [-0.39, 0.29) is 17.5 Å². The van der Waals surface area contributed by atoms with Gasteiger partial charge < -0.3 is 10.1 Å². The van der Waals surface area contributed by atoms with Crippen LogP contribution in [0.25, 0.3) is 0 Å². The van der Waals surface area contributed by atoms with E-state index in [2.05, 4.69) is 5.32 Å². The van der Waals surface area contributed by atoms with Gasteiger partial charge in [0.05, 0.1) is 5.60 Å². The highest BCUT2D eigenvalue weighted by atomic mass is 19.1. The minimum atomic E-state index is -0.196. The highest BCUT2D eigenvalue weighted by molar-refractivity contribution is 5.18. The number of hydrogen-bond acceptors (Lipinski definition) is 2. The zero-order chi connectivity index (χ0) is 12.9. The van der Waals surface area contributed by atoms with Crippen LogP contribution in [-0.4, -0.2) is 25.8 Å². The third kappa shape index (κ3) is 4.44. The fourth-order valence-corrected chi connectivity index (χ4v) is 1.88. The highest BCUT2D eigenvalue weighted by Crippen LogP contribution is 2.19. The summed E-state index contributed by atoms with van der Waals surface area (Å²) in [6.45, 7) is 4.08. The largest absolute Gasteiger partial charge is 0.379 e. The lowest BCUT2D eigenvalue weighted by molar-refractivity contribution is 0.00766. The van der Waals surface area contributed by atoms with E-state index in [4.69, 9.17) is 4.74 Å². The molecule has 0 aromatic heterocycles. The van der Waals surface area contributed by atoms with Gasteiger partial charge in [-0.2, -0.15) is 0 Å². The van der Waals surface area contributed by atoms with Crippen LogP contribution in [0.15, 0.2) is 24.3 Å². The molecule has 96 valence electrons. The lowest BCUT2D eigenvalue weighted by atomic mass is 9.94. The van der Waals surface area contributed by atoms with E-state index in [0.29, 0.717) is 6.42 Å². The van der Waals surface area contributed by atoms with E-state index in [0.717, 1.165) is 12.0 Å². The fourth-order valence-electron chi connectivity index (χ4n) is 1.88. The van der Waals surface area contributed by atoms with Crippen molar-refractivity contribution in [1.82, 2.24) is 5.32 Å². The second-order valence-electron chi connectivity index (χ2n) is 4.95. The maximum Gasteiger partial charge on any atom is 0.126 e. The Bertz CT molecular complexity index is 352. The Morgan fingerprint density at radius 2 is 2.00 bits per heavy atom. The van der Waals surface area contributed by atoms with Gasteiger partial charge in [0, 0.05) is 13.2 Å². The van der Waals surface area contributed by atoms with Crippen molar-refractivity contribution >= 4 is 0 Å². The molecule has 0 saturated carbocycles. The predicted octanol–water partition coefficient (Wildman–Crippen LogP) is 2.77. The topological polar surface area (TPSA) is 21.3 Å². The van der Waals surface area contributed by atoms with Gasteiger partial charge in [-0.1, -0.05) is 18.2 Å². The normalized spacial score (nSPS) is 13.7. The van der Waals surface area contributed by atoms with Gasteiger partial charge in [0.15, 0.2) is 0 Å². The van der Waals surface area contributed by atoms with Gasteiger partial charge in [-0.05, 0) is 45.4 Å². The molecule has 1 aromatic carbocycles. The summed E-state index contributed by atoms with van der Waals surface area (Å²) < 4.78 is 18.9. The summed E-state index contributed by atoms with van der Waals surface area (Å²) in [5, 5.41) is 3.22. The summed E-state index contributed by atoms with van der Waals surface area (Å²) >= 11 is 0. The molecule has 17 heavy (non-hydrogen) atoms. The zero-order valence-electron chi connectivity index (χ0n) is 11.1. The van der Waals surface area contributed by atoms with Crippen molar-refractivity contribution in [3.05, 3.63) is 35.6 Å². The molecule has 0 aliphatic carbocycles. The van der Waals surface area contributed by atoms with Crippen LogP contribution in [0.4, 0.5) is 4.39 Å². The molecule has 0 aliphatic rings. The number of halogens is 1. The Balaban J connectivity index is 2.68. The standard InChI is InChI=1S/C14H22FNO/c1-14(2,17-4)10-12(16-3)9-11-7-5-6-8-13(11)15/h5-8,12,16H,9-10H2,1-4H3. The summed E-state index contributed by atoms with van der Waals surface area (Å²) in [7, 11) is 3.60. The first kappa shape index (κ1) is 14.1. The van der Waals surface area contributed by atoms with E-state index < -0.39 is 0 Å². The van der Waals surface area contributed by atoms with Gasteiger partial charge in [0.25, 0.3) is 0 Å². The Morgan fingerprint density at radius 3 is 2.53 bits per heavy atom. The number of hydrogen-bond donors (Lipinski definition) is 1. The van der Waals surface area contributed by atoms with Crippen LogP contribution in [0.1, 0.15) is 25.8 Å². The van der Waals surface area contributed by atoms with Crippen LogP contribution in [0, 0.1) is 5.82 Å². The van der Waals surface area contributed by atoms with Crippen LogP contribution in [0.3, 0.4) is 0 Å². The van der Waals surface area contributed by atoms with E-state index in [1.165, 1.54) is 6.07 Å². The van der Waals surface area contributed by atoms with E-state index in [9.17, 15) is 4.39 Å². The molecule has 0 radical (unpaired) electrons. The molecule has 1 unspecified atom stereocenters. The van der Waals surface area contributed by atoms with Crippen molar-refractivity contribution < 1.29 is 9.13 Å². The van der Waals surface area contributed by atoms with Crippen LogP contribution in [0.5, 0.6) is 0 Å². The molecule has 1 rings (SSSR count). The predicted molar refractivity (Wildman–Crippen MR) is 68.7 cm³/mol. The molecule has 3 heteroatoms. The molecule has 0 bridgehead atoms. The average molecular weight is 239 g/mol. The number of ether oxygens (including phenoxy) is 1. The third-order valence-electron chi connectivity index (χ3n) is 3.12. The number of likely N-dealkylation sites (N-methyl/N-ethyl adjacent to an activating group) is 1. The summed E-state index contributed by atoms with van der Waals surface area (Å²) in [6.07, 6.45) is 1.52. The van der Waals surface area contributed by atoms with Crippen LogP contribution < -0.4 is 5.32 Å². The molecule has 1 aromatic rings. The Morgan fingerprint density at radius 1 is 1.35 bits per heavy atom. The second-order valence-corrected chi connectivity index (χ2v) is 4.95. The van der Waals surface area contributed by atoms with E-state index >= 15 is 0 Å². The lowest BCUT2D eigenvalue weighted by Gasteiger charge is -2.28. The second kappa shape index (κ2) is 6.12. The summed E-state index contributed by atoms with van der Waals surface area (Å²) in [5.41, 5.74) is 0.553. The van der Waals surface area contributed by atoms with Crippen molar-refractivity contribution in [2.75, 3.05) is 14.2 Å². The minimum Gasteiger partial charge on any atom is -0.379 e. The Labute approximate surface area is 103 Å². The van der Waals surface area contributed by atoms with Crippen molar-refractivity contribution in [3.63, 3.8) is 0 Å². The van der Waals surface area contributed by atoms with Gasteiger partial charge in [-0.3, -0.25) is 0 Å². The molecule has 0 amide bonds. The van der Waals surface area contributed by atoms with Gasteiger partial charge in [-0.15, -0.1) is 0 Å². The summed E-state index contributed by atoms with van der Waals surface area (Å²) in [5.74, 6) is -0.136. The molecule has 0 aliphatic heterocycles. The van der Waals surface area contributed by atoms with Gasteiger partial charge in [0.1, 0.15) is 5.82 Å². The monoisotopic (exact) mass is 239 g/mol. The SMILES string of the molecule is CNC(Cc1ccccc1F)CC(C)(C)OC. The van der Waals surface area contributed by atoms with E-state index in [1.807, 2.05) is 33.0 Å². The lowest BCUT2D eigenvalue weighted by Crippen LogP contribution is -2.37. The van der Waals surface area contributed by atoms with Gasteiger partial charge in [0.2, 0.25) is 0 Å². The molecule has 0 saturated heterocycles. The van der Waals surface area contributed by atoms with Gasteiger partial charge >= 0.3 is 0 Å². The number of benzene rings is 1. The first-order chi connectivity index (χ1) is 7.98. The fraction of sp³-hybridized carbons (Fsp3) is 0.571. The Kier molecular flexibility index (Phi) is 5.09. The maximum atomic E-state index is 13.5. The molecule has 2 nitrogen and oxygen atoms in total. The van der Waals surface area contributed by atoms with Crippen molar-refractivity contribution in [1.29, 1.82) is 0 Å². The first-order valence-corrected chi connectivity index (χ1v) is 5.94. The molecule has 0 spiro atoms. The molecule has 1 N–H and O–H groups in total. The van der Waals surface area contributed by atoms with E-state index in [1.54, 1.807) is 13.2 Å². The molecule has 0 heterocycles. The number of nitrogens with one attached hydrogen (secondary N) is 1. The number of methoxy groups -OCH3 is 1. The number of rotatable bonds is 6. The average Bonchev–Trinajstić information content (AvgIpc) is 2.31. The van der Waals surface area contributed by atoms with Crippen LogP contribution >= 0.6 is 0 Å². The smallest absolute Gasteiger partial charge is 0.126 e. The maximum absolute atomic E-state index is 13.5. The quantitative estimate of drug-likeness (QED) is 0.824. The minimum absolute atomic E-state index is 0.136. The van der Waals surface area contributed by atoms with Gasteiger partial charge in [-0.25, -0.2) is 4.39 Å². The van der Waals surface area contributed by atoms with Crippen LogP contribution in [-0.2, 0) is 11.2 Å².